The van der Waals surface area contributed by atoms with Gasteiger partial charge in [0.05, 0.1) is 60.7 Å². The maximum atomic E-state index is 9.99. The summed E-state index contributed by atoms with van der Waals surface area (Å²) in [6.45, 7) is 6.35. The van der Waals surface area contributed by atoms with E-state index in [0.717, 1.165) is 16.8 Å². The van der Waals surface area contributed by atoms with E-state index in [1.165, 1.54) is 0 Å². The lowest BCUT2D eigenvalue weighted by Gasteiger charge is -2.37. The molecule has 182 valence electrons. The second kappa shape index (κ2) is 9.12. The number of nitrogens with one attached hydrogen (secondary N) is 2. The van der Waals surface area contributed by atoms with Crippen LogP contribution in [0, 0.1) is 28.1 Å². The fourth-order valence-electron chi connectivity index (χ4n) is 4.37. The van der Waals surface area contributed by atoms with Gasteiger partial charge < -0.3 is 25.2 Å². The van der Waals surface area contributed by atoms with Crippen LogP contribution in [-0.2, 0) is 10.2 Å². The lowest BCUT2D eigenvalue weighted by Crippen LogP contribution is -2.44. The van der Waals surface area contributed by atoms with E-state index in [-0.39, 0.29) is 12.0 Å². The molecule has 1 atom stereocenters. The summed E-state index contributed by atoms with van der Waals surface area (Å²) in [7, 11) is 0. The van der Waals surface area contributed by atoms with Gasteiger partial charge in [-0.2, -0.15) is 10.5 Å². The molecule has 36 heavy (non-hydrogen) atoms. The number of aliphatic hydroxyl groups is 1. The molecule has 3 heterocycles. The number of anilines is 3. The Hall–Kier alpha value is -4.18. The summed E-state index contributed by atoms with van der Waals surface area (Å²) in [5, 5.41) is 35.6. The van der Waals surface area contributed by atoms with Gasteiger partial charge in [0, 0.05) is 29.1 Å². The highest BCUT2D eigenvalue weighted by Crippen LogP contribution is 2.41. The molecule has 2 aromatic carbocycles. The molecular formula is C27H26N6O3. The van der Waals surface area contributed by atoms with Crippen molar-refractivity contribution in [3.63, 3.8) is 0 Å². The molecule has 1 fully saturated rings. The number of ether oxygens (including phenoxy) is 2. The molecule has 3 N–H and O–H groups in total. The number of hydrogen-bond donors (Lipinski definition) is 3. The van der Waals surface area contributed by atoms with Crippen LogP contribution >= 0.6 is 0 Å². The van der Waals surface area contributed by atoms with Gasteiger partial charge in [0.15, 0.2) is 0 Å². The van der Waals surface area contributed by atoms with Crippen molar-refractivity contribution in [3.05, 3.63) is 59.3 Å². The second-order valence-corrected chi connectivity index (χ2v) is 9.94. The summed E-state index contributed by atoms with van der Waals surface area (Å²) in [6.07, 6.45) is 1.63. The highest BCUT2D eigenvalue weighted by molar-refractivity contribution is 5.76. The van der Waals surface area contributed by atoms with Crippen LogP contribution in [0.1, 0.15) is 30.5 Å². The predicted molar refractivity (Wildman–Crippen MR) is 134 cm³/mol. The van der Waals surface area contributed by atoms with Gasteiger partial charge in [-0.25, -0.2) is 9.97 Å². The number of nitrogens with zero attached hydrogens (tertiary/aromatic N) is 4. The minimum atomic E-state index is -0.489. The number of nitriles is 2. The number of fused-ring (bicyclic) bond motifs is 1. The van der Waals surface area contributed by atoms with Gasteiger partial charge in [-0.15, -0.1) is 0 Å². The van der Waals surface area contributed by atoms with Crippen molar-refractivity contribution < 1.29 is 14.6 Å². The van der Waals surface area contributed by atoms with E-state index >= 15 is 0 Å². The van der Waals surface area contributed by atoms with Crippen LogP contribution in [0.5, 0.6) is 5.75 Å². The number of rotatable bonds is 7. The summed E-state index contributed by atoms with van der Waals surface area (Å²) in [6, 6.07) is 15.1. The normalized spacial score (nSPS) is 19.2. The van der Waals surface area contributed by atoms with Crippen LogP contribution in [0.25, 0.3) is 11.3 Å². The number of hydrogen-bond acceptors (Lipinski definition) is 9. The third-order valence-electron chi connectivity index (χ3n) is 6.70. The van der Waals surface area contributed by atoms with Crippen LogP contribution in [0.2, 0.25) is 0 Å². The first-order chi connectivity index (χ1) is 17.4. The molecule has 0 radical (unpaired) electrons. The van der Waals surface area contributed by atoms with Gasteiger partial charge in [-0.3, -0.25) is 0 Å². The third kappa shape index (κ3) is 4.31. The molecule has 1 saturated heterocycles. The maximum absolute atomic E-state index is 9.99. The van der Waals surface area contributed by atoms with Gasteiger partial charge in [-0.1, -0.05) is 13.8 Å². The molecule has 1 aromatic heterocycles. The number of aromatic nitrogens is 2. The lowest BCUT2D eigenvalue weighted by molar-refractivity contribution is -0.120. The van der Waals surface area contributed by atoms with E-state index in [2.05, 4.69) is 39.7 Å². The first kappa shape index (κ1) is 23.6. The Labute approximate surface area is 209 Å². The van der Waals surface area contributed by atoms with E-state index < -0.39 is 5.41 Å². The zero-order valence-electron chi connectivity index (χ0n) is 20.1. The van der Waals surface area contributed by atoms with Crippen molar-refractivity contribution in [2.24, 2.45) is 5.41 Å². The van der Waals surface area contributed by atoms with Crippen molar-refractivity contribution in [1.29, 1.82) is 10.5 Å². The average Bonchev–Trinajstić information content (AvgIpc) is 3.23. The fourth-order valence-corrected chi connectivity index (χ4v) is 4.37. The molecule has 2 aliphatic rings. The zero-order chi connectivity index (χ0) is 25.3. The van der Waals surface area contributed by atoms with E-state index in [9.17, 15) is 15.6 Å². The molecule has 0 bridgehead atoms. The largest absolute Gasteiger partial charge is 0.491 e. The highest BCUT2D eigenvalue weighted by atomic mass is 16.5. The molecule has 2 aliphatic heterocycles. The summed E-state index contributed by atoms with van der Waals surface area (Å²) in [5.41, 5.74) is 4.05. The Morgan fingerprint density at radius 1 is 1.17 bits per heavy atom. The van der Waals surface area contributed by atoms with E-state index in [4.69, 9.17) is 9.47 Å². The third-order valence-corrected chi connectivity index (χ3v) is 6.70. The van der Waals surface area contributed by atoms with Crippen LogP contribution in [-0.4, -0.2) is 48.0 Å². The Bertz CT molecular complexity index is 1410. The smallest absolute Gasteiger partial charge is 0.227 e. The van der Waals surface area contributed by atoms with Gasteiger partial charge in [0.1, 0.15) is 11.8 Å². The number of benzene rings is 2. The molecule has 0 spiro atoms. The molecule has 3 aromatic rings. The van der Waals surface area contributed by atoms with Crippen molar-refractivity contribution in [2.75, 3.05) is 43.6 Å². The first-order valence-electron chi connectivity index (χ1n) is 11.6. The molecule has 0 amide bonds. The fraction of sp³-hybridized carbons (Fsp3) is 0.333. The zero-order valence-corrected chi connectivity index (χ0v) is 20.1. The Morgan fingerprint density at radius 2 is 2.00 bits per heavy atom. The van der Waals surface area contributed by atoms with E-state index in [1.54, 1.807) is 36.5 Å². The summed E-state index contributed by atoms with van der Waals surface area (Å²) in [5.74, 6) is 0.915. The first-order valence-corrected chi connectivity index (χ1v) is 11.6. The molecule has 1 unspecified atom stereocenters. The molecule has 9 heteroatoms. The van der Waals surface area contributed by atoms with Gasteiger partial charge in [0.2, 0.25) is 5.95 Å². The average molecular weight is 483 g/mol. The van der Waals surface area contributed by atoms with Crippen molar-refractivity contribution in [2.45, 2.75) is 19.3 Å². The summed E-state index contributed by atoms with van der Waals surface area (Å²) in [4.78, 5) is 9.03. The second-order valence-electron chi connectivity index (χ2n) is 9.94. The Kier molecular flexibility index (Phi) is 5.97. The topological polar surface area (TPSA) is 136 Å². The SMILES string of the molecule is CC1(COc2ccc(C#N)cc2Nc2nccc(-c3cc(C#N)c4c(c3)C(C)(CO)CN4)n2)COC1. The van der Waals surface area contributed by atoms with Gasteiger partial charge >= 0.3 is 0 Å². The molecule has 5 rings (SSSR count). The summed E-state index contributed by atoms with van der Waals surface area (Å²) >= 11 is 0. The van der Waals surface area contributed by atoms with Crippen molar-refractivity contribution in [1.82, 2.24) is 9.97 Å². The Morgan fingerprint density at radius 3 is 2.69 bits per heavy atom. The molecule has 0 aliphatic carbocycles. The van der Waals surface area contributed by atoms with Gasteiger partial charge in [-0.05, 0) is 42.0 Å². The van der Waals surface area contributed by atoms with Crippen molar-refractivity contribution >= 4 is 17.3 Å². The maximum Gasteiger partial charge on any atom is 0.227 e. The standard InChI is InChI=1S/C27H26N6O3/c1-26(14-35-15-26)16-36-23-4-3-17(10-28)7-22(23)33-25-30-6-5-21(32-25)18-8-19(11-29)24-20(9-18)27(2,13-34)12-31-24/h3-9,31,34H,12-16H2,1-2H3,(H,30,32,33). The number of aliphatic hydroxyl groups excluding tert-OH is 1. The molecule has 0 saturated carbocycles. The van der Waals surface area contributed by atoms with E-state index in [0.29, 0.717) is 60.6 Å². The van der Waals surface area contributed by atoms with Crippen LogP contribution in [0.4, 0.5) is 17.3 Å². The Balaban J connectivity index is 1.46. The summed E-state index contributed by atoms with van der Waals surface area (Å²) < 4.78 is 11.4. The van der Waals surface area contributed by atoms with Crippen molar-refractivity contribution in [3.8, 4) is 29.1 Å². The monoisotopic (exact) mass is 482 g/mol. The predicted octanol–water partition coefficient (Wildman–Crippen LogP) is 3.72. The van der Waals surface area contributed by atoms with Crippen LogP contribution < -0.4 is 15.4 Å². The molecule has 9 nitrogen and oxygen atoms in total. The van der Waals surface area contributed by atoms with Crippen LogP contribution in [0.3, 0.4) is 0 Å². The van der Waals surface area contributed by atoms with Crippen LogP contribution in [0.15, 0.2) is 42.6 Å². The quantitative estimate of drug-likeness (QED) is 0.460. The van der Waals surface area contributed by atoms with Gasteiger partial charge in [0.25, 0.3) is 0 Å². The highest BCUT2D eigenvalue weighted by Gasteiger charge is 2.36. The minimum absolute atomic E-state index is 0.0362. The lowest BCUT2D eigenvalue weighted by atomic mass is 9.83. The van der Waals surface area contributed by atoms with E-state index in [1.807, 2.05) is 13.0 Å². The molecular weight excluding hydrogens is 456 g/mol. The minimum Gasteiger partial charge on any atom is -0.491 e.